The maximum atomic E-state index is 12.3. The Morgan fingerprint density at radius 1 is 1.21 bits per heavy atom. The number of carboxylic acids is 1. The van der Waals surface area contributed by atoms with Gasteiger partial charge < -0.3 is 14.4 Å². The van der Waals surface area contributed by atoms with Crippen molar-refractivity contribution in [1.29, 1.82) is 0 Å². The monoisotopic (exact) mass is 343 g/mol. The number of nitrogens with zero attached hydrogens (tertiary/aromatic N) is 1. The van der Waals surface area contributed by atoms with Crippen molar-refractivity contribution in [3.63, 3.8) is 0 Å². The first kappa shape index (κ1) is 16.1. The Labute approximate surface area is 142 Å². The number of carboxylic acid groups (broad SMARTS) is 1. The minimum atomic E-state index is -1.26. The Morgan fingerprint density at radius 2 is 1.92 bits per heavy atom. The smallest absolute Gasteiger partial charge is 0.341 e. The lowest BCUT2D eigenvalue weighted by atomic mass is 10.1. The number of pyridine rings is 1. The van der Waals surface area contributed by atoms with Crippen molar-refractivity contribution in [2.45, 2.75) is 6.54 Å². The largest absolute Gasteiger partial charge is 0.497 e. The van der Waals surface area contributed by atoms with Crippen LogP contribution in [0.25, 0.3) is 10.9 Å². The Morgan fingerprint density at radius 3 is 2.54 bits per heavy atom. The van der Waals surface area contributed by atoms with Crippen molar-refractivity contribution >= 4 is 28.5 Å². The van der Waals surface area contributed by atoms with E-state index in [1.807, 2.05) is 24.3 Å². The summed E-state index contributed by atoms with van der Waals surface area (Å²) < 4.78 is 6.81. The van der Waals surface area contributed by atoms with E-state index >= 15 is 0 Å². The molecule has 0 atom stereocenters. The van der Waals surface area contributed by atoms with Gasteiger partial charge in [-0.3, -0.25) is 4.79 Å². The molecule has 0 aliphatic rings. The standard InChI is InChI=1S/C18H14ClNO4/c1-24-12-7-5-11(6-8-12)9-20-10-14(18(22)23)17(21)13-3-2-4-15(19)16(13)20/h2-8,10H,9H2,1H3,(H,22,23). The number of carbonyl (C=O) groups is 1. The van der Waals surface area contributed by atoms with Crippen molar-refractivity contribution in [3.05, 3.63) is 75.0 Å². The zero-order valence-corrected chi connectivity index (χ0v) is 13.6. The third-order valence-electron chi connectivity index (χ3n) is 3.79. The zero-order valence-electron chi connectivity index (χ0n) is 12.8. The number of benzene rings is 2. The Kier molecular flexibility index (Phi) is 4.27. The van der Waals surface area contributed by atoms with Crippen LogP contribution in [0.5, 0.6) is 5.75 Å². The first-order valence-electron chi connectivity index (χ1n) is 7.19. The van der Waals surface area contributed by atoms with Crippen LogP contribution in [0.3, 0.4) is 0 Å². The molecule has 0 saturated carbocycles. The van der Waals surface area contributed by atoms with E-state index in [2.05, 4.69) is 0 Å². The summed E-state index contributed by atoms with van der Waals surface area (Å²) in [6, 6.07) is 12.3. The predicted molar refractivity (Wildman–Crippen MR) is 92.3 cm³/mol. The lowest BCUT2D eigenvalue weighted by molar-refractivity contribution is 0.0695. The molecule has 1 heterocycles. The molecule has 0 saturated heterocycles. The van der Waals surface area contributed by atoms with E-state index in [0.29, 0.717) is 17.1 Å². The molecule has 6 heteroatoms. The summed E-state index contributed by atoms with van der Waals surface area (Å²) in [5.74, 6) is -0.530. The van der Waals surface area contributed by atoms with Crippen molar-refractivity contribution in [1.82, 2.24) is 4.57 Å². The van der Waals surface area contributed by atoms with Gasteiger partial charge in [0.2, 0.25) is 5.43 Å². The number of hydrogen-bond acceptors (Lipinski definition) is 3. The summed E-state index contributed by atoms with van der Waals surface area (Å²) in [6.45, 7) is 0.380. The highest BCUT2D eigenvalue weighted by Crippen LogP contribution is 2.23. The van der Waals surface area contributed by atoms with Crippen molar-refractivity contribution in [3.8, 4) is 5.75 Å². The Balaban J connectivity index is 2.20. The van der Waals surface area contributed by atoms with Crippen LogP contribution in [0.2, 0.25) is 5.02 Å². The van der Waals surface area contributed by atoms with E-state index in [1.54, 1.807) is 29.9 Å². The number of halogens is 1. The lowest BCUT2D eigenvalue weighted by Gasteiger charge is -2.14. The van der Waals surface area contributed by atoms with Crippen LogP contribution < -0.4 is 10.2 Å². The van der Waals surface area contributed by atoms with Gasteiger partial charge in [0.05, 0.1) is 17.6 Å². The minimum Gasteiger partial charge on any atom is -0.497 e. The molecule has 0 bridgehead atoms. The van der Waals surface area contributed by atoms with Gasteiger partial charge >= 0.3 is 5.97 Å². The number of ether oxygens (including phenoxy) is 1. The molecule has 3 aromatic rings. The topological polar surface area (TPSA) is 68.5 Å². The van der Waals surface area contributed by atoms with E-state index in [-0.39, 0.29) is 10.9 Å². The van der Waals surface area contributed by atoms with Gasteiger partial charge in [-0.25, -0.2) is 4.79 Å². The van der Waals surface area contributed by atoms with Gasteiger partial charge in [0.25, 0.3) is 0 Å². The molecule has 0 amide bonds. The molecule has 0 aliphatic carbocycles. The molecule has 0 spiro atoms. The van der Waals surface area contributed by atoms with Crippen LogP contribution in [0.4, 0.5) is 0 Å². The number of aromatic nitrogens is 1. The summed E-state index contributed by atoms with van der Waals surface area (Å²) in [5.41, 5.74) is 0.631. The van der Waals surface area contributed by atoms with Gasteiger partial charge in [0.1, 0.15) is 11.3 Å². The van der Waals surface area contributed by atoms with Gasteiger partial charge in [0.15, 0.2) is 0 Å². The van der Waals surface area contributed by atoms with Crippen LogP contribution in [0, 0.1) is 0 Å². The van der Waals surface area contributed by atoms with Crippen molar-refractivity contribution in [2.75, 3.05) is 7.11 Å². The minimum absolute atomic E-state index is 0.279. The van der Waals surface area contributed by atoms with E-state index in [9.17, 15) is 14.7 Å². The molecular formula is C18H14ClNO4. The van der Waals surface area contributed by atoms with Crippen LogP contribution in [-0.4, -0.2) is 22.8 Å². The lowest BCUT2D eigenvalue weighted by Crippen LogP contribution is -2.19. The quantitative estimate of drug-likeness (QED) is 0.788. The average Bonchev–Trinajstić information content (AvgIpc) is 2.58. The van der Waals surface area contributed by atoms with Crippen LogP contribution in [0.15, 0.2) is 53.5 Å². The molecule has 0 aliphatic heterocycles. The molecule has 3 rings (SSSR count). The Hall–Kier alpha value is -2.79. The summed E-state index contributed by atoms with van der Waals surface area (Å²) in [6.07, 6.45) is 1.34. The fourth-order valence-electron chi connectivity index (χ4n) is 2.62. The van der Waals surface area contributed by atoms with Gasteiger partial charge in [-0.15, -0.1) is 0 Å². The van der Waals surface area contributed by atoms with Crippen LogP contribution in [-0.2, 0) is 6.54 Å². The fraction of sp³-hybridized carbons (Fsp3) is 0.111. The maximum absolute atomic E-state index is 12.3. The highest BCUT2D eigenvalue weighted by atomic mass is 35.5. The number of aromatic carboxylic acids is 1. The highest BCUT2D eigenvalue weighted by molar-refractivity contribution is 6.35. The normalized spacial score (nSPS) is 10.8. The predicted octanol–water partition coefficient (Wildman–Crippen LogP) is 3.41. The number of fused-ring (bicyclic) bond motifs is 1. The summed E-state index contributed by atoms with van der Waals surface area (Å²) in [7, 11) is 1.59. The van der Waals surface area contributed by atoms with E-state index in [0.717, 1.165) is 11.3 Å². The maximum Gasteiger partial charge on any atom is 0.341 e. The molecule has 5 nitrogen and oxygen atoms in total. The second-order valence-corrected chi connectivity index (χ2v) is 5.70. The first-order chi connectivity index (χ1) is 11.5. The summed E-state index contributed by atoms with van der Waals surface area (Å²) >= 11 is 6.25. The molecular weight excluding hydrogens is 330 g/mol. The van der Waals surface area contributed by atoms with Crippen LogP contribution in [0.1, 0.15) is 15.9 Å². The summed E-state index contributed by atoms with van der Waals surface area (Å²) in [5, 5.41) is 9.98. The van der Waals surface area contributed by atoms with Gasteiger partial charge in [0, 0.05) is 18.1 Å². The molecule has 24 heavy (non-hydrogen) atoms. The molecule has 1 N–H and O–H groups in total. The van der Waals surface area contributed by atoms with Gasteiger partial charge in [-0.05, 0) is 29.8 Å². The van der Waals surface area contributed by atoms with Gasteiger partial charge in [-0.1, -0.05) is 29.8 Å². The number of hydrogen-bond donors (Lipinski definition) is 1. The van der Waals surface area contributed by atoms with E-state index in [1.165, 1.54) is 6.20 Å². The molecule has 2 aromatic carbocycles. The number of rotatable bonds is 4. The highest BCUT2D eigenvalue weighted by Gasteiger charge is 2.16. The average molecular weight is 344 g/mol. The third kappa shape index (κ3) is 2.86. The molecule has 0 radical (unpaired) electrons. The van der Waals surface area contributed by atoms with Gasteiger partial charge in [-0.2, -0.15) is 0 Å². The molecule has 0 fully saturated rings. The molecule has 0 unspecified atom stereocenters. The van der Waals surface area contributed by atoms with Crippen molar-refractivity contribution in [2.24, 2.45) is 0 Å². The Bertz CT molecular complexity index is 977. The van der Waals surface area contributed by atoms with Crippen molar-refractivity contribution < 1.29 is 14.6 Å². The SMILES string of the molecule is COc1ccc(Cn2cc(C(=O)O)c(=O)c3cccc(Cl)c32)cc1. The van der Waals surface area contributed by atoms with Crippen LogP contribution >= 0.6 is 11.6 Å². The molecule has 1 aromatic heterocycles. The second-order valence-electron chi connectivity index (χ2n) is 5.29. The summed E-state index contributed by atoms with van der Waals surface area (Å²) in [4.78, 5) is 23.7. The van der Waals surface area contributed by atoms with E-state index in [4.69, 9.17) is 16.3 Å². The molecule has 122 valence electrons. The fourth-order valence-corrected chi connectivity index (χ4v) is 2.90. The number of methoxy groups -OCH3 is 1. The third-order valence-corrected chi connectivity index (χ3v) is 4.10. The second kappa shape index (κ2) is 6.37. The first-order valence-corrected chi connectivity index (χ1v) is 7.57. The van der Waals surface area contributed by atoms with E-state index < -0.39 is 11.4 Å². The zero-order chi connectivity index (χ0) is 17.3. The number of para-hydroxylation sites is 1.